The van der Waals surface area contributed by atoms with Crippen LogP contribution < -0.4 is 5.32 Å². The molecule has 0 spiro atoms. The van der Waals surface area contributed by atoms with Crippen molar-refractivity contribution >= 4 is 46.0 Å². The molecule has 2 unspecified atom stereocenters. The third-order valence-electron chi connectivity index (χ3n) is 4.39. The standard InChI is InChI=1S/C18H18FIN2O2S/c1-17(2,3)18(22-13-7-6-10(20)9-12(13)19)14(16(23)24)11-5-4-8-21-15(11)25-18/h4-9,14,22H,1-3H3,(H,23,24). The van der Waals surface area contributed by atoms with Gasteiger partial charge in [0.05, 0.1) is 5.69 Å². The zero-order chi connectivity index (χ0) is 18.4. The van der Waals surface area contributed by atoms with Gasteiger partial charge in [0.2, 0.25) is 0 Å². The van der Waals surface area contributed by atoms with E-state index in [1.165, 1.54) is 17.8 Å². The summed E-state index contributed by atoms with van der Waals surface area (Å²) in [6.07, 6.45) is 1.65. The summed E-state index contributed by atoms with van der Waals surface area (Å²) in [4.78, 5) is 15.6. The molecule has 0 bridgehead atoms. The molecule has 1 aliphatic rings. The highest BCUT2D eigenvalue weighted by molar-refractivity contribution is 14.1. The van der Waals surface area contributed by atoms with E-state index in [0.29, 0.717) is 16.3 Å². The first-order chi connectivity index (χ1) is 11.7. The van der Waals surface area contributed by atoms with E-state index in [1.807, 2.05) is 43.4 Å². The molecular formula is C18H18FIN2O2S. The minimum absolute atomic E-state index is 0.293. The molecule has 1 aromatic heterocycles. The highest BCUT2D eigenvalue weighted by atomic mass is 127. The van der Waals surface area contributed by atoms with Crippen LogP contribution >= 0.6 is 34.4 Å². The van der Waals surface area contributed by atoms with E-state index in [9.17, 15) is 14.3 Å². The van der Waals surface area contributed by atoms with E-state index in [1.54, 1.807) is 30.5 Å². The van der Waals surface area contributed by atoms with E-state index < -0.39 is 28.0 Å². The number of carbonyl (C=O) groups is 1. The van der Waals surface area contributed by atoms with Crippen molar-refractivity contribution in [2.75, 3.05) is 5.32 Å². The van der Waals surface area contributed by atoms with Crippen LogP contribution in [0.4, 0.5) is 10.1 Å². The topological polar surface area (TPSA) is 62.2 Å². The Hall–Kier alpha value is -1.35. The fourth-order valence-electron chi connectivity index (χ4n) is 3.11. The molecule has 25 heavy (non-hydrogen) atoms. The number of thioether (sulfide) groups is 1. The summed E-state index contributed by atoms with van der Waals surface area (Å²) in [6.45, 7) is 5.87. The summed E-state index contributed by atoms with van der Waals surface area (Å²) in [5, 5.41) is 13.9. The number of hydrogen-bond donors (Lipinski definition) is 2. The number of carboxylic acid groups (broad SMARTS) is 1. The number of aromatic nitrogens is 1. The van der Waals surface area contributed by atoms with Crippen molar-refractivity contribution in [3.63, 3.8) is 0 Å². The normalized spacial score (nSPS) is 22.5. The fourth-order valence-corrected chi connectivity index (χ4v) is 5.10. The van der Waals surface area contributed by atoms with Gasteiger partial charge in [-0.3, -0.25) is 4.79 Å². The Morgan fingerprint density at radius 1 is 1.40 bits per heavy atom. The second-order valence-corrected chi connectivity index (χ2v) is 9.49. The number of aliphatic carboxylic acids is 1. The Labute approximate surface area is 163 Å². The molecule has 7 heteroatoms. The summed E-state index contributed by atoms with van der Waals surface area (Å²) in [7, 11) is 0. The van der Waals surface area contributed by atoms with Crippen LogP contribution in [0.5, 0.6) is 0 Å². The van der Waals surface area contributed by atoms with E-state index in [-0.39, 0.29) is 0 Å². The summed E-state index contributed by atoms with van der Waals surface area (Å²) >= 11 is 3.41. The molecule has 2 aromatic rings. The van der Waals surface area contributed by atoms with Crippen LogP contribution in [0.25, 0.3) is 0 Å². The minimum Gasteiger partial charge on any atom is -0.481 e. The summed E-state index contributed by atoms with van der Waals surface area (Å²) < 4.78 is 15.3. The molecular weight excluding hydrogens is 454 g/mol. The van der Waals surface area contributed by atoms with Crippen molar-refractivity contribution in [3.8, 4) is 0 Å². The predicted octanol–water partition coefficient (Wildman–Crippen LogP) is 4.95. The first-order valence-corrected chi connectivity index (χ1v) is 9.65. The van der Waals surface area contributed by atoms with Gasteiger partial charge in [0.25, 0.3) is 0 Å². The maximum atomic E-state index is 14.5. The molecule has 132 valence electrons. The van der Waals surface area contributed by atoms with Crippen molar-refractivity contribution in [2.24, 2.45) is 5.41 Å². The van der Waals surface area contributed by atoms with Gasteiger partial charge in [-0.05, 0) is 52.3 Å². The zero-order valence-corrected chi connectivity index (χ0v) is 17.0. The van der Waals surface area contributed by atoms with Crippen LogP contribution in [0, 0.1) is 14.8 Å². The molecule has 0 amide bonds. The van der Waals surface area contributed by atoms with Gasteiger partial charge in [-0.1, -0.05) is 38.6 Å². The quantitative estimate of drug-likeness (QED) is 0.619. The number of halogens is 2. The average Bonchev–Trinajstić information content (AvgIpc) is 2.85. The first-order valence-electron chi connectivity index (χ1n) is 7.76. The number of fused-ring (bicyclic) bond motifs is 1. The highest BCUT2D eigenvalue weighted by Crippen LogP contribution is 2.60. The van der Waals surface area contributed by atoms with Crippen molar-refractivity contribution < 1.29 is 14.3 Å². The molecule has 2 atom stereocenters. The molecule has 2 N–H and O–H groups in total. The first kappa shape index (κ1) is 18.4. The van der Waals surface area contributed by atoms with E-state index in [4.69, 9.17) is 0 Å². The minimum atomic E-state index is -0.969. The average molecular weight is 472 g/mol. The van der Waals surface area contributed by atoms with Gasteiger partial charge < -0.3 is 10.4 Å². The van der Waals surface area contributed by atoms with Crippen molar-refractivity contribution in [1.29, 1.82) is 0 Å². The second kappa shape index (κ2) is 6.42. The molecule has 0 aliphatic carbocycles. The molecule has 0 fully saturated rings. The Kier molecular flexibility index (Phi) is 4.74. The molecule has 0 radical (unpaired) electrons. The molecule has 1 aromatic carbocycles. The molecule has 0 saturated heterocycles. The van der Waals surface area contributed by atoms with Gasteiger partial charge in [0.15, 0.2) is 0 Å². The second-order valence-electron chi connectivity index (χ2n) is 7.01. The Morgan fingerprint density at radius 2 is 2.12 bits per heavy atom. The predicted molar refractivity (Wildman–Crippen MR) is 105 cm³/mol. The van der Waals surface area contributed by atoms with Crippen LogP contribution in [0.1, 0.15) is 32.3 Å². The summed E-state index contributed by atoms with van der Waals surface area (Å²) in [5.41, 5.74) is 0.465. The molecule has 2 heterocycles. The van der Waals surface area contributed by atoms with Gasteiger partial charge in [0.1, 0.15) is 21.6 Å². The van der Waals surface area contributed by atoms with Crippen LogP contribution in [0.15, 0.2) is 41.6 Å². The van der Waals surface area contributed by atoms with Crippen LogP contribution in [-0.4, -0.2) is 20.9 Å². The number of hydrogen-bond acceptors (Lipinski definition) is 4. The van der Waals surface area contributed by atoms with Gasteiger partial charge >= 0.3 is 5.97 Å². The number of anilines is 1. The third-order valence-corrected chi connectivity index (χ3v) is 6.87. The zero-order valence-electron chi connectivity index (χ0n) is 14.0. The SMILES string of the molecule is CC(C)(C)C1(Nc2ccc(I)cc2F)Sc2ncccc2C1C(=O)O. The number of nitrogens with one attached hydrogen (secondary N) is 1. The molecule has 4 nitrogen and oxygen atoms in total. The smallest absolute Gasteiger partial charge is 0.314 e. The number of benzene rings is 1. The highest BCUT2D eigenvalue weighted by Gasteiger charge is 2.58. The fraction of sp³-hybridized carbons (Fsp3) is 0.333. The number of nitrogens with zero attached hydrogens (tertiary/aromatic N) is 1. The Morgan fingerprint density at radius 3 is 2.72 bits per heavy atom. The Balaban J connectivity index is 2.16. The lowest BCUT2D eigenvalue weighted by Crippen LogP contribution is -2.51. The maximum absolute atomic E-state index is 14.5. The van der Waals surface area contributed by atoms with Crippen molar-refractivity contribution in [2.45, 2.75) is 36.6 Å². The van der Waals surface area contributed by atoms with Crippen LogP contribution in [0.2, 0.25) is 0 Å². The van der Waals surface area contributed by atoms with Gasteiger partial charge in [-0.2, -0.15) is 0 Å². The van der Waals surface area contributed by atoms with Crippen molar-refractivity contribution in [1.82, 2.24) is 4.98 Å². The van der Waals surface area contributed by atoms with Gasteiger partial charge in [0, 0.05) is 15.3 Å². The number of rotatable bonds is 3. The van der Waals surface area contributed by atoms with Crippen molar-refractivity contribution in [3.05, 3.63) is 51.5 Å². The van der Waals surface area contributed by atoms with E-state index in [0.717, 1.165) is 3.57 Å². The molecule has 0 saturated carbocycles. The van der Waals surface area contributed by atoms with Crippen LogP contribution in [0.3, 0.4) is 0 Å². The largest absolute Gasteiger partial charge is 0.481 e. The number of pyridine rings is 1. The summed E-state index contributed by atoms with van der Waals surface area (Å²) in [6, 6.07) is 8.40. The monoisotopic (exact) mass is 472 g/mol. The van der Waals surface area contributed by atoms with E-state index in [2.05, 4.69) is 10.3 Å². The summed E-state index contributed by atoms with van der Waals surface area (Å²) in [5.74, 6) is -2.20. The molecule has 1 aliphatic heterocycles. The maximum Gasteiger partial charge on any atom is 0.314 e. The lowest BCUT2D eigenvalue weighted by Gasteiger charge is -2.45. The lowest BCUT2D eigenvalue weighted by molar-refractivity contribution is -0.140. The number of carboxylic acids is 1. The van der Waals surface area contributed by atoms with E-state index >= 15 is 0 Å². The lowest BCUT2D eigenvalue weighted by atomic mass is 9.75. The third kappa shape index (κ3) is 3.12. The van der Waals surface area contributed by atoms with Crippen LogP contribution in [-0.2, 0) is 4.79 Å². The van der Waals surface area contributed by atoms with Gasteiger partial charge in [-0.25, -0.2) is 9.37 Å². The van der Waals surface area contributed by atoms with Gasteiger partial charge in [-0.15, -0.1) is 0 Å². The Bertz CT molecular complexity index is 840. The molecule has 3 rings (SSSR count).